The van der Waals surface area contributed by atoms with Gasteiger partial charge in [-0.1, -0.05) is 6.07 Å². The molecule has 0 N–H and O–H groups in total. The number of carbonyl (C=O) groups excluding carboxylic acids is 1. The maximum Gasteiger partial charge on any atom is 0.410 e. The number of hydrogen-bond acceptors (Lipinski definition) is 3. The fourth-order valence-electron chi connectivity index (χ4n) is 2.77. The summed E-state index contributed by atoms with van der Waals surface area (Å²) in [5.74, 6) is -3.02. The molecule has 1 heterocycles. The number of nitrogens with zero attached hydrogens (tertiary/aromatic N) is 1. The summed E-state index contributed by atoms with van der Waals surface area (Å²) in [4.78, 5) is 13.4. The molecule has 0 bridgehead atoms. The summed E-state index contributed by atoms with van der Waals surface area (Å²) in [6.07, 6.45) is -2.09. The van der Waals surface area contributed by atoms with Crippen LogP contribution in [0.5, 0.6) is 5.75 Å². The molecule has 2 aliphatic rings. The van der Waals surface area contributed by atoms with Gasteiger partial charge in [0, 0.05) is 13.0 Å². The van der Waals surface area contributed by atoms with Crippen molar-refractivity contribution in [2.45, 2.75) is 51.4 Å². The smallest absolute Gasteiger partial charge is 0.410 e. The van der Waals surface area contributed by atoms with Gasteiger partial charge in [0.05, 0.1) is 19.1 Å². The third-order valence-corrected chi connectivity index (χ3v) is 4.26. The van der Waals surface area contributed by atoms with Crippen molar-refractivity contribution < 1.29 is 27.4 Å². The average Bonchev–Trinajstić information content (AvgIpc) is 3.10. The summed E-state index contributed by atoms with van der Waals surface area (Å²) in [5, 5.41) is 0. The van der Waals surface area contributed by atoms with Crippen molar-refractivity contribution in [2.75, 3.05) is 13.2 Å². The molecule has 1 fully saturated rings. The fraction of sp³-hybridized carbons (Fsp3) is 0.611. The molecular weight excluding hydrogens is 335 g/mol. The Bertz CT molecular complexity index is 672. The van der Waals surface area contributed by atoms with E-state index in [0.29, 0.717) is 16.9 Å². The first-order valence-corrected chi connectivity index (χ1v) is 8.30. The maximum absolute atomic E-state index is 14.5. The quantitative estimate of drug-likeness (QED) is 0.800. The van der Waals surface area contributed by atoms with Crippen LogP contribution in [0.2, 0.25) is 0 Å². The predicted molar refractivity (Wildman–Crippen MR) is 85.5 cm³/mol. The van der Waals surface area contributed by atoms with E-state index in [2.05, 4.69) is 0 Å². The number of halogens is 3. The molecule has 0 saturated heterocycles. The number of rotatable bonds is 3. The van der Waals surface area contributed by atoms with Gasteiger partial charge in [0.25, 0.3) is 5.92 Å². The van der Waals surface area contributed by atoms with Gasteiger partial charge in [-0.2, -0.15) is 0 Å². The summed E-state index contributed by atoms with van der Waals surface area (Å²) in [7, 11) is 0. The number of ether oxygens (including phenoxy) is 2. The molecule has 1 amide bonds. The number of amides is 1. The molecule has 138 valence electrons. The van der Waals surface area contributed by atoms with Crippen LogP contribution in [0, 0.1) is 5.92 Å². The normalized spacial score (nSPS) is 24.5. The summed E-state index contributed by atoms with van der Waals surface area (Å²) < 4.78 is 50.9. The van der Waals surface area contributed by atoms with Crippen LogP contribution in [0.1, 0.15) is 44.5 Å². The van der Waals surface area contributed by atoms with Crippen molar-refractivity contribution in [3.8, 4) is 5.75 Å². The zero-order valence-corrected chi connectivity index (χ0v) is 14.5. The molecule has 1 aliphatic carbocycles. The molecule has 1 aliphatic heterocycles. The molecule has 0 aromatic heterocycles. The Morgan fingerprint density at radius 2 is 2.04 bits per heavy atom. The lowest BCUT2D eigenvalue weighted by atomic mass is 9.98. The Kier molecular flexibility index (Phi) is 4.37. The fourth-order valence-corrected chi connectivity index (χ4v) is 2.77. The van der Waals surface area contributed by atoms with Crippen LogP contribution in [-0.2, 0) is 11.3 Å². The van der Waals surface area contributed by atoms with Crippen molar-refractivity contribution in [3.05, 3.63) is 29.3 Å². The van der Waals surface area contributed by atoms with Crippen LogP contribution in [-0.4, -0.2) is 35.7 Å². The highest BCUT2D eigenvalue weighted by Crippen LogP contribution is 2.48. The summed E-state index contributed by atoms with van der Waals surface area (Å²) in [5.41, 5.74) is 0.444. The van der Waals surface area contributed by atoms with Gasteiger partial charge in [-0.3, -0.25) is 0 Å². The molecule has 1 saturated carbocycles. The van der Waals surface area contributed by atoms with Crippen LogP contribution in [0.25, 0.3) is 0 Å². The number of fused-ring (bicyclic) bond motifs is 1. The highest BCUT2D eigenvalue weighted by atomic mass is 19.3. The molecule has 7 heteroatoms. The molecule has 2 atom stereocenters. The van der Waals surface area contributed by atoms with Gasteiger partial charge in [-0.15, -0.1) is 0 Å². The largest absolute Gasteiger partial charge is 0.493 e. The second-order valence-electron chi connectivity index (χ2n) is 7.66. The van der Waals surface area contributed by atoms with Crippen molar-refractivity contribution >= 4 is 6.09 Å². The Labute approximate surface area is 144 Å². The molecule has 1 aromatic rings. The van der Waals surface area contributed by atoms with Crippen LogP contribution in [0.3, 0.4) is 0 Å². The summed E-state index contributed by atoms with van der Waals surface area (Å²) in [6.45, 7) is 5.32. The maximum atomic E-state index is 14.5. The minimum atomic E-state index is -2.63. The SMILES string of the molecule is CC(C)(C)OC(=O)N1Cc2ccc(OCC3CC3(F)F)cc2C(F)C1. The van der Waals surface area contributed by atoms with Gasteiger partial charge in [-0.25, -0.2) is 18.0 Å². The van der Waals surface area contributed by atoms with E-state index < -0.39 is 29.7 Å². The van der Waals surface area contributed by atoms with Crippen LogP contribution < -0.4 is 4.74 Å². The van der Waals surface area contributed by atoms with E-state index in [9.17, 15) is 18.0 Å². The second-order valence-corrected chi connectivity index (χ2v) is 7.66. The van der Waals surface area contributed by atoms with E-state index in [1.165, 1.54) is 11.0 Å². The van der Waals surface area contributed by atoms with Gasteiger partial charge in [0.15, 0.2) is 0 Å². The molecule has 2 unspecified atom stereocenters. The molecule has 25 heavy (non-hydrogen) atoms. The summed E-state index contributed by atoms with van der Waals surface area (Å²) in [6, 6.07) is 4.82. The lowest BCUT2D eigenvalue weighted by Gasteiger charge is -2.33. The molecule has 0 radical (unpaired) electrons. The van der Waals surface area contributed by atoms with Crippen molar-refractivity contribution in [2.24, 2.45) is 5.92 Å². The number of carbonyl (C=O) groups is 1. The minimum Gasteiger partial charge on any atom is -0.493 e. The van der Waals surface area contributed by atoms with E-state index in [0.717, 1.165) is 0 Å². The second kappa shape index (κ2) is 6.11. The van der Waals surface area contributed by atoms with Crippen molar-refractivity contribution in [1.82, 2.24) is 4.90 Å². The Hall–Kier alpha value is -1.92. The number of alkyl halides is 3. The Morgan fingerprint density at radius 1 is 1.36 bits per heavy atom. The van der Waals surface area contributed by atoms with Gasteiger partial charge < -0.3 is 14.4 Å². The van der Waals surface area contributed by atoms with Gasteiger partial charge in [-0.05, 0) is 44.0 Å². The van der Waals surface area contributed by atoms with E-state index in [4.69, 9.17) is 9.47 Å². The van der Waals surface area contributed by atoms with Gasteiger partial charge in [0.2, 0.25) is 0 Å². The molecule has 4 nitrogen and oxygen atoms in total. The van der Waals surface area contributed by atoms with Gasteiger partial charge >= 0.3 is 6.09 Å². The minimum absolute atomic E-state index is 0.0766. The van der Waals surface area contributed by atoms with E-state index in [-0.39, 0.29) is 26.1 Å². The Morgan fingerprint density at radius 3 is 2.64 bits per heavy atom. The highest BCUT2D eigenvalue weighted by molar-refractivity contribution is 5.69. The first-order chi connectivity index (χ1) is 11.5. The van der Waals surface area contributed by atoms with E-state index in [1.54, 1.807) is 32.9 Å². The third kappa shape index (κ3) is 4.19. The number of benzene rings is 1. The predicted octanol–water partition coefficient (Wildman–Crippen LogP) is 4.48. The number of hydrogen-bond donors (Lipinski definition) is 0. The van der Waals surface area contributed by atoms with Crippen LogP contribution >= 0.6 is 0 Å². The van der Waals surface area contributed by atoms with Crippen LogP contribution in [0.4, 0.5) is 18.0 Å². The molecule has 3 rings (SSSR count). The van der Waals surface area contributed by atoms with E-state index >= 15 is 0 Å². The van der Waals surface area contributed by atoms with Crippen LogP contribution in [0.15, 0.2) is 18.2 Å². The topological polar surface area (TPSA) is 38.8 Å². The van der Waals surface area contributed by atoms with Crippen molar-refractivity contribution in [3.63, 3.8) is 0 Å². The third-order valence-electron chi connectivity index (χ3n) is 4.26. The lowest BCUT2D eigenvalue weighted by molar-refractivity contribution is 0.0159. The molecular formula is C18H22F3NO3. The van der Waals surface area contributed by atoms with Gasteiger partial charge in [0.1, 0.15) is 17.5 Å². The first-order valence-electron chi connectivity index (χ1n) is 8.30. The summed E-state index contributed by atoms with van der Waals surface area (Å²) >= 11 is 0. The van der Waals surface area contributed by atoms with Crippen molar-refractivity contribution in [1.29, 1.82) is 0 Å². The monoisotopic (exact) mass is 357 g/mol. The molecule has 0 spiro atoms. The lowest BCUT2D eigenvalue weighted by Crippen LogP contribution is -2.40. The Balaban J connectivity index is 1.65. The average molecular weight is 357 g/mol. The zero-order chi connectivity index (χ0) is 18.4. The van der Waals surface area contributed by atoms with E-state index in [1.807, 2.05) is 0 Å². The zero-order valence-electron chi connectivity index (χ0n) is 14.5. The molecule has 1 aromatic carbocycles. The first kappa shape index (κ1) is 17.9. The standard InChI is InChI=1S/C18H22F3NO3/c1-17(2,3)25-16(23)22-8-11-4-5-13(6-14(11)15(19)9-22)24-10-12-7-18(12,20)21/h4-6,12,15H,7-10H2,1-3H3. The highest BCUT2D eigenvalue weighted by Gasteiger charge is 2.57.